The van der Waals surface area contributed by atoms with Gasteiger partial charge in [-0.05, 0) is 25.0 Å². The molecule has 0 amide bonds. The first kappa shape index (κ1) is 27.7. The predicted octanol–water partition coefficient (Wildman–Crippen LogP) is 7.25. The summed E-state index contributed by atoms with van der Waals surface area (Å²) in [5.41, 5.74) is 6.31. The van der Waals surface area contributed by atoms with E-state index in [0.29, 0.717) is 12.8 Å². The fourth-order valence-electron chi connectivity index (χ4n) is 5.69. The first-order valence-corrected chi connectivity index (χ1v) is 14.3. The Balaban J connectivity index is 1.34. The fraction of sp³-hybridized carbons (Fsp3) is 0.278. The van der Waals surface area contributed by atoms with E-state index in [2.05, 4.69) is 72.2 Å². The summed E-state index contributed by atoms with van der Waals surface area (Å²) >= 11 is 0. The van der Waals surface area contributed by atoms with Crippen LogP contribution >= 0.6 is 0 Å². The lowest BCUT2D eigenvalue weighted by Gasteiger charge is -2.42. The first-order valence-electron chi connectivity index (χ1n) is 14.3. The number of aryl methyl sites for hydroxylation is 2. The average molecular weight is 531 g/mol. The largest absolute Gasteiger partial charge is 0.294 e. The molecule has 4 aromatic carbocycles. The summed E-state index contributed by atoms with van der Waals surface area (Å²) < 4.78 is 0. The molecule has 1 aliphatic rings. The summed E-state index contributed by atoms with van der Waals surface area (Å²) in [5, 5.41) is 0. The summed E-state index contributed by atoms with van der Waals surface area (Å²) in [6.07, 6.45) is 0.891. The Kier molecular flexibility index (Phi) is 9.00. The Hall–Kier alpha value is -3.86. The molecule has 1 saturated heterocycles. The Labute approximate surface area is 238 Å². The lowest BCUT2D eigenvalue weighted by Crippen LogP contribution is -2.49. The standard InChI is InChI=1S/C36H38N2O2/c1-27-13-17-29(18-14-27)33(25-35(39)31-9-5-3-6-10-31)37-21-23-38(24-22-37)34(30-19-15-28(2)16-20-30)26-36(40)32-11-7-4-8-12-32/h3-20,33-34H,21-26H2,1-2H3/t33-,34-/m0/s1. The van der Waals surface area contributed by atoms with Crippen molar-refractivity contribution < 1.29 is 9.59 Å². The smallest absolute Gasteiger partial charge is 0.164 e. The van der Waals surface area contributed by atoms with Gasteiger partial charge in [0.05, 0.1) is 0 Å². The minimum Gasteiger partial charge on any atom is -0.294 e. The van der Waals surface area contributed by atoms with Crippen LogP contribution in [0, 0.1) is 13.8 Å². The molecule has 0 aromatic heterocycles. The van der Waals surface area contributed by atoms with Crippen molar-refractivity contribution in [2.24, 2.45) is 0 Å². The molecule has 4 nitrogen and oxygen atoms in total. The second kappa shape index (κ2) is 13.0. The highest BCUT2D eigenvalue weighted by atomic mass is 16.1. The van der Waals surface area contributed by atoms with E-state index in [1.807, 2.05) is 60.7 Å². The van der Waals surface area contributed by atoms with Gasteiger partial charge in [-0.25, -0.2) is 0 Å². The lowest BCUT2D eigenvalue weighted by molar-refractivity contribution is 0.0557. The van der Waals surface area contributed by atoms with Gasteiger partial charge >= 0.3 is 0 Å². The Morgan fingerprint density at radius 1 is 0.525 bits per heavy atom. The van der Waals surface area contributed by atoms with E-state index >= 15 is 0 Å². The summed E-state index contributed by atoms with van der Waals surface area (Å²) in [6.45, 7) is 7.53. The van der Waals surface area contributed by atoms with E-state index in [1.54, 1.807) is 0 Å². The third-order valence-corrected chi connectivity index (χ3v) is 8.10. The van der Waals surface area contributed by atoms with Crippen LogP contribution in [0.4, 0.5) is 0 Å². The third kappa shape index (κ3) is 6.82. The quantitative estimate of drug-likeness (QED) is 0.203. The molecule has 204 valence electrons. The van der Waals surface area contributed by atoms with Gasteiger partial charge in [0.25, 0.3) is 0 Å². The van der Waals surface area contributed by atoms with E-state index in [4.69, 9.17) is 0 Å². The van der Waals surface area contributed by atoms with Gasteiger partial charge in [0.15, 0.2) is 11.6 Å². The van der Waals surface area contributed by atoms with Crippen LogP contribution in [0.3, 0.4) is 0 Å². The van der Waals surface area contributed by atoms with Crippen LogP contribution in [0.2, 0.25) is 0 Å². The van der Waals surface area contributed by atoms with Crippen LogP contribution in [0.15, 0.2) is 109 Å². The molecule has 0 bridgehead atoms. The highest BCUT2D eigenvalue weighted by Gasteiger charge is 2.31. The number of hydrogen-bond acceptors (Lipinski definition) is 4. The van der Waals surface area contributed by atoms with Gasteiger partial charge in [-0.1, -0.05) is 120 Å². The molecule has 40 heavy (non-hydrogen) atoms. The third-order valence-electron chi connectivity index (χ3n) is 8.10. The Bertz CT molecular complexity index is 1280. The molecule has 0 spiro atoms. The molecule has 0 aliphatic carbocycles. The molecule has 2 atom stereocenters. The predicted molar refractivity (Wildman–Crippen MR) is 162 cm³/mol. The average Bonchev–Trinajstić information content (AvgIpc) is 3.00. The van der Waals surface area contributed by atoms with Crippen LogP contribution in [-0.2, 0) is 0 Å². The minimum absolute atomic E-state index is 0.0132. The minimum atomic E-state index is 0.0132. The zero-order valence-corrected chi connectivity index (χ0v) is 23.5. The van der Waals surface area contributed by atoms with E-state index in [-0.39, 0.29) is 23.7 Å². The topological polar surface area (TPSA) is 40.6 Å². The van der Waals surface area contributed by atoms with Gasteiger partial charge < -0.3 is 0 Å². The van der Waals surface area contributed by atoms with Crippen molar-refractivity contribution in [3.63, 3.8) is 0 Å². The molecular formula is C36H38N2O2. The first-order chi connectivity index (χ1) is 19.5. The molecule has 1 fully saturated rings. The van der Waals surface area contributed by atoms with E-state index in [9.17, 15) is 9.59 Å². The summed E-state index contributed by atoms with van der Waals surface area (Å²) in [7, 11) is 0. The number of benzene rings is 4. The highest BCUT2D eigenvalue weighted by Crippen LogP contribution is 2.32. The van der Waals surface area contributed by atoms with Crippen molar-refractivity contribution in [3.05, 3.63) is 143 Å². The van der Waals surface area contributed by atoms with Crippen LogP contribution in [0.25, 0.3) is 0 Å². The van der Waals surface area contributed by atoms with Gasteiger partial charge in [-0.2, -0.15) is 0 Å². The van der Waals surface area contributed by atoms with Gasteiger partial charge in [0.2, 0.25) is 0 Å². The number of ketones is 2. The molecule has 4 heteroatoms. The molecule has 5 rings (SSSR count). The van der Waals surface area contributed by atoms with E-state index < -0.39 is 0 Å². The monoisotopic (exact) mass is 530 g/mol. The van der Waals surface area contributed by atoms with Gasteiger partial charge in [-0.3, -0.25) is 19.4 Å². The highest BCUT2D eigenvalue weighted by molar-refractivity contribution is 5.97. The molecule has 0 unspecified atom stereocenters. The lowest BCUT2D eigenvalue weighted by atomic mass is 9.93. The van der Waals surface area contributed by atoms with Crippen molar-refractivity contribution in [2.75, 3.05) is 26.2 Å². The number of rotatable bonds is 10. The Morgan fingerprint density at radius 2 is 0.850 bits per heavy atom. The number of nitrogens with zero attached hydrogens (tertiary/aromatic N) is 2. The molecular weight excluding hydrogens is 492 g/mol. The van der Waals surface area contributed by atoms with Crippen LogP contribution in [-0.4, -0.2) is 47.5 Å². The van der Waals surface area contributed by atoms with E-state index in [1.165, 1.54) is 22.3 Å². The number of carbonyl (C=O) groups excluding carboxylic acids is 2. The number of hydrogen-bond donors (Lipinski definition) is 0. The van der Waals surface area contributed by atoms with Gasteiger partial charge in [0, 0.05) is 62.2 Å². The van der Waals surface area contributed by atoms with Crippen molar-refractivity contribution in [2.45, 2.75) is 38.8 Å². The van der Waals surface area contributed by atoms with Crippen LogP contribution in [0.1, 0.15) is 67.9 Å². The number of carbonyl (C=O) groups is 2. The maximum absolute atomic E-state index is 13.3. The summed E-state index contributed by atoms with van der Waals surface area (Å²) in [5.74, 6) is 0.333. The van der Waals surface area contributed by atoms with Crippen LogP contribution < -0.4 is 0 Å². The maximum atomic E-state index is 13.3. The normalized spacial score (nSPS) is 15.8. The maximum Gasteiger partial charge on any atom is 0.164 e. The second-order valence-corrected chi connectivity index (χ2v) is 10.9. The van der Waals surface area contributed by atoms with Crippen LogP contribution in [0.5, 0.6) is 0 Å². The zero-order valence-electron chi connectivity index (χ0n) is 23.5. The molecule has 0 N–H and O–H groups in total. The molecule has 1 aliphatic heterocycles. The van der Waals surface area contributed by atoms with Crippen molar-refractivity contribution in [1.29, 1.82) is 0 Å². The molecule has 0 radical (unpaired) electrons. The van der Waals surface area contributed by atoms with Gasteiger partial charge in [-0.15, -0.1) is 0 Å². The Morgan fingerprint density at radius 3 is 1.18 bits per heavy atom. The summed E-state index contributed by atoms with van der Waals surface area (Å²) in [6, 6.07) is 36.4. The van der Waals surface area contributed by atoms with E-state index in [0.717, 1.165) is 37.3 Å². The SMILES string of the molecule is Cc1ccc([C@H](CC(=O)c2ccccc2)N2CCN([C@@H](CC(=O)c3ccccc3)c3ccc(C)cc3)CC2)cc1. The molecule has 1 heterocycles. The van der Waals surface area contributed by atoms with Crippen molar-refractivity contribution >= 4 is 11.6 Å². The molecule has 0 saturated carbocycles. The van der Waals surface area contributed by atoms with Crippen molar-refractivity contribution in [3.8, 4) is 0 Å². The number of Topliss-reactive ketones (excluding diaryl/α,β-unsaturated/α-hetero) is 2. The fourth-order valence-corrected chi connectivity index (χ4v) is 5.69. The van der Waals surface area contributed by atoms with Crippen molar-refractivity contribution in [1.82, 2.24) is 9.80 Å². The zero-order chi connectivity index (χ0) is 27.9. The second-order valence-electron chi connectivity index (χ2n) is 10.9. The molecule has 4 aromatic rings. The van der Waals surface area contributed by atoms with Gasteiger partial charge in [0.1, 0.15) is 0 Å². The summed E-state index contributed by atoms with van der Waals surface area (Å²) in [4.78, 5) is 31.5. The number of piperazine rings is 1.